The lowest BCUT2D eigenvalue weighted by molar-refractivity contribution is -0.144. The molecule has 1 aliphatic heterocycles. The number of piperidine rings is 1. The van der Waals surface area contributed by atoms with Crippen molar-refractivity contribution in [1.82, 2.24) is 4.90 Å². The van der Waals surface area contributed by atoms with E-state index >= 15 is 0 Å². The van der Waals surface area contributed by atoms with Crippen LogP contribution in [0.2, 0.25) is 0 Å². The van der Waals surface area contributed by atoms with Crippen LogP contribution in [0.15, 0.2) is 0 Å². The Bertz CT molecular complexity index is 241. The average molecular weight is 212 g/mol. The van der Waals surface area contributed by atoms with Gasteiger partial charge in [-0.15, -0.1) is 0 Å². The minimum absolute atomic E-state index is 0.225. The molecule has 1 spiro atoms. The first kappa shape index (κ1) is 10.9. The second kappa shape index (κ2) is 4.10. The number of carboxylic acids is 1. The number of likely N-dealkylation sites (tertiary alicyclic amines) is 1. The maximum absolute atomic E-state index is 11.0. The Morgan fingerprint density at radius 1 is 1.33 bits per heavy atom. The van der Waals surface area contributed by atoms with E-state index in [0.717, 1.165) is 25.9 Å². The zero-order valence-corrected chi connectivity index (χ0v) is 9.11. The zero-order chi connectivity index (χ0) is 10.9. The van der Waals surface area contributed by atoms with Crippen LogP contribution in [0.1, 0.15) is 32.1 Å². The summed E-state index contributed by atoms with van der Waals surface area (Å²) in [4.78, 5) is 13.0. The van der Waals surface area contributed by atoms with Crippen LogP contribution in [0.25, 0.3) is 0 Å². The summed E-state index contributed by atoms with van der Waals surface area (Å²) in [6, 6.07) is -0.470. The number of aliphatic carboxylic acids is 1. The fraction of sp³-hybridized carbons (Fsp3) is 0.909. The first-order valence-corrected chi connectivity index (χ1v) is 5.84. The molecule has 1 heterocycles. The van der Waals surface area contributed by atoms with Crippen molar-refractivity contribution >= 4 is 5.97 Å². The maximum Gasteiger partial charge on any atom is 0.322 e. The highest BCUT2D eigenvalue weighted by Gasteiger charge is 2.41. The summed E-state index contributed by atoms with van der Waals surface area (Å²) in [5, 5.41) is 9.01. The third-order valence-electron chi connectivity index (χ3n) is 4.22. The van der Waals surface area contributed by atoms with Crippen LogP contribution >= 0.6 is 0 Å². The first-order chi connectivity index (χ1) is 7.17. The Labute approximate surface area is 90.4 Å². The molecule has 4 nitrogen and oxygen atoms in total. The molecule has 2 aliphatic rings. The van der Waals surface area contributed by atoms with E-state index in [1.807, 2.05) is 4.90 Å². The smallest absolute Gasteiger partial charge is 0.322 e. The lowest BCUT2D eigenvalue weighted by Crippen LogP contribution is -2.52. The Hall–Kier alpha value is -0.610. The maximum atomic E-state index is 11.0. The molecule has 15 heavy (non-hydrogen) atoms. The Kier molecular flexibility index (Phi) is 2.98. The fourth-order valence-corrected chi connectivity index (χ4v) is 2.89. The summed E-state index contributed by atoms with van der Waals surface area (Å²) in [5.74, 6) is -0.776. The fourth-order valence-electron chi connectivity index (χ4n) is 2.89. The highest BCUT2D eigenvalue weighted by molar-refractivity contribution is 5.73. The van der Waals surface area contributed by atoms with E-state index in [4.69, 9.17) is 10.8 Å². The SMILES string of the molecule is NCC(C(=O)O)N1CCC2(CCC2)CC1. The van der Waals surface area contributed by atoms with Crippen LogP contribution in [0.3, 0.4) is 0 Å². The quantitative estimate of drug-likeness (QED) is 0.721. The summed E-state index contributed by atoms with van der Waals surface area (Å²) < 4.78 is 0. The number of hydrogen-bond acceptors (Lipinski definition) is 3. The van der Waals surface area contributed by atoms with Crippen molar-refractivity contribution in [3.05, 3.63) is 0 Å². The third-order valence-corrected chi connectivity index (χ3v) is 4.22. The van der Waals surface area contributed by atoms with Crippen LogP contribution in [-0.4, -0.2) is 41.7 Å². The molecule has 1 unspecified atom stereocenters. The van der Waals surface area contributed by atoms with Crippen LogP contribution in [-0.2, 0) is 4.79 Å². The third kappa shape index (κ3) is 2.01. The van der Waals surface area contributed by atoms with Crippen LogP contribution in [0.5, 0.6) is 0 Å². The molecule has 1 aliphatic carbocycles. The predicted octanol–water partition coefficient (Wildman–Crippen LogP) is 0.664. The Morgan fingerprint density at radius 3 is 2.27 bits per heavy atom. The summed E-state index contributed by atoms with van der Waals surface area (Å²) in [6.45, 7) is 2.05. The van der Waals surface area contributed by atoms with E-state index in [-0.39, 0.29) is 6.54 Å². The second-order valence-corrected chi connectivity index (χ2v) is 4.98. The average Bonchev–Trinajstić information content (AvgIpc) is 2.17. The van der Waals surface area contributed by atoms with Gasteiger partial charge in [-0.05, 0) is 44.2 Å². The molecule has 4 heteroatoms. The first-order valence-electron chi connectivity index (χ1n) is 5.84. The van der Waals surface area contributed by atoms with Gasteiger partial charge in [-0.3, -0.25) is 9.69 Å². The topological polar surface area (TPSA) is 66.6 Å². The summed E-state index contributed by atoms with van der Waals surface area (Å²) in [5.41, 5.74) is 6.07. The van der Waals surface area contributed by atoms with Crippen LogP contribution < -0.4 is 5.73 Å². The molecule has 2 rings (SSSR count). The van der Waals surface area contributed by atoms with Gasteiger partial charge in [0.1, 0.15) is 6.04 Å². The molecule has 1 saturated carbocycles. The van der Waals surface area contributed by atoms with Gasteiger partial charge in [-0.2, -0.15) is 0 Å². The molecule has 0 radical (unpaired) electrons. The van der Waals surface area contributed by atoms with E-state index in [1.54, 1.807) is 0 Å². The molecule has 0 aromatic rings. The lowest BCUT2D eigenvalue weighted by Gasteiger charge is -2.49. The van der Waals surface area contributed by atoms with Gasteiger partial charge >= 0.3 is 5.97 Å². The van der Waals surface area contributed by atoms with Gasteiger partial charge in [0, 0.05) is 6.54 Å². The minimum Gasteiger partial charge on any atom is -0.480 e. The van der Waals surface area contributed by atoms with E-state index in [0.29, 0.717) is 5.41 Å². The van der Waals surface area contributed by atoms with Crippen molar-refractivity contribution in [2.75, 3.05) is 19.6 Å². The number of hydrogen-bond donors (Lipinski definition) is 2. The van der Waals surface area contributed by atoms with Crippen molar-refractivity contribution in [2.45, 2.75) is 38.1 Å². The highest BCUT2D eigenvalue weighted by Crippen LogP contribution is 2.48. The zero-order valence-electron chi connectivity index (χ0n) is 9.11. The van der Waals surface area contributed by atoms with Crippen molar-refractivity contribution in [2.24, 2.45) is 11.1 Å². The number of carboxylic acid groups (broad SMARTS) is 1. The number of carbonyl (C=O) groups is 1. The number of nitrogens with zero attached hydrogens (tertiary/aromatic N) is 1. The molecule has 1 atom stereocenters. The van der Waals surface area contributed by atoms with E-state index in [1.165, 1.54) is 19.3 Å². The predicted molar refractivity (Wildman–Crippen MR) is 57.6 cm³/mol. The summed E-state index contributed by atoms with van der Waals surface area (Å²) in [7, 11) is 0. The number of nitrogens with two attached hydrogens (primary N) is 1. The summed E-state index contributed by atoms with van der Waals surface area (Å²) in [6.07, 6.45) is 6.38. The van der Waals surface area contributed by atoms with Gasteiger partial charge in [0.05, 0.1) is 0 Å². The van der Waals surface area contributed by atoms with Gasteiger partial charge in [0.2, 0.25) is 0 Å². The molecule has 86 valence electrons. The molecule has 2 fully saturated rings. The monoisotopic (exact) mass is 212 g/mol. The Morgan fingerprint density at radius 2 is 1.93 bits per heavy atom. The molecule has 0 aromatic carbocycles. The van der Waals surface area contributed by atoms with Gasteiger partial charge in [-0.1, -0.05) is 6.42 Å². The molecule has 0 bridgehead atoms. The highest BCUT2D eigenvalue weighted by atomic mass is 16.4. The number of rotatable bonds is 3. The van der Waals surface area contributed by atoms with Crippen molar-refractivity contribution < 1.29 is 9.90 Å². The molecular weight excluding hydrogens is 192 g/mol. The Balaban J connectivity index is 1.89. The molecule has 0 amide bonds. The van der Waals surface area contributed by atoms with E-state index in [9.17, 15) is 4.79 Å². The van der Waals surface area contributed by atoms with Gasteiger partial charge in [0.15, 0.2) is 0 Å². The normalized spacial score (nSPS) is 27.3. The van der Waals surface area contributed by atoms with Crippen molar-refractivity contribution in [3.63, 3.8) is 0 Å². The standard InChI is InChI=1S/C11H20N2O2/c12-8-9(10(14)15)13-6-4-11(5-7-13)2-1-3-11/h9H,1-8,12H2,(H,14,15). The van der Waals surface area contributed by atoms with E-state index < -0.39 is 12.0 Å². The molecular formula is C11H20N2O2. The van der Waals surface area contributed by atoms with Gasteiger partial charge in [0.25, 0.3) is 0 Å². The van der Waals surface area contributed by atoms with Crippen LogP contribution in [0.4, 0.5) is 0 Å². The lowest BCUT2D eigenvalue weighted by atomic mass is 9.63. The largest absolute Gasteiger partial charge is 0.480 e. The second-order valence-electron chi connectivity index (χ2n) is 4.98. The van der Waals surface area contributed by atoms with Crippen LogP contribution in [0, 0.1) is 5.41 Å². The minimum atomic E-state index is -0.776. The van der Waals surface area contributed by atoms with Crippen molar-refractivity contribution in [1.29, 1.82) is 0 Å². The van der Waals surface area contributed by atoms with Crippen molar-refractivity contribution in [3.8, 4) is 0 Å². The molecule has 0 aromatic heterocycles. The molecule has 1 saturated heterocycles. The van der Waals surface area contributed by atoms with Gasteiger partial charge < -0.3 is 10.8 Å². The van der Waals surface area contributed by atoms with E-state index in [2.05, 4.69) is 0 Å². The van der Waals surface area contributed by atoms with Gasteiger partial charge in [-0.25, -0.2) is 0 Å². The molecule has 3 N–H and O–H groups in total. The summed E-state index contributed by atoms with van der Waals surface area (Å²) >= 11 is 0.